The van der Waals surface area contributed by atoms with E-state index in [-0.39, 0.29) is 0 Å². The first-order valence-corrected chi connectivity index (χ1v) is 8.05. The molecule has 2 aliphatic rings. The van der Waals surface area contributed by atoms with Crippen molar-refractivity contribution in [3.63, 3.8) is 0 Å². The summed E-state index contributed by atoms with van der Waals surface area (Å²) in [7, 11) is 0. The molecule has 2 aliphatic carbocycles. The van der Waals surface area contributed by atoms with E-state index in [4.69, 9.17) is 4.98 Å². The number of pyridine rings is 1. The lowest BCUT2D eigenvalue weighted by molar-refractivity contribution is 0.653. The van der Waals surface area contributed by atoms with E-state index in [0.717, 1.165) is 31.2 Å². The van der Waals surface area contributed by atoms with E-state index in [0.29, 0.717) is 0 Å². The van der Waals surface area contributed by atoms with Gasteiger partial charge in [0.2, 0.25) is 0 Å². The third-order valence-corrected chi connectivity index (χ3v) is 4.54. The first kappa shape index (κ1) is 13.0. The number of nitrogens with one attached hydrogen (secondary N) is 1. The summed E-state index contributed by atoms with van der Waals surface area (Å²) in [6, 6.07) is 3.00. The molecule has 4 rings (SSSR count). The Kier molecular flexibility index (Phi) is 3.26. The summed E-state index contributed by atoms with van der Waals surface area (Å²) in [5.74, 6) is 1.04. The van der Waals surface area contributed by atoms with Gasteiger partial charge in [0.25, 0.3) is 0 Å². The Bertz CT molecular complexity index is 655. The van der Waals surface area contributed by atoms with Crippen molar-refractivity contribution in [3.05, 3.63) is 41.1 Å². The molecule has 0 atom stereocenters. The van der Waals surface area contributed by atoms with Crippen LogP contribution in [0.25, 0.3) is 5.82 Å². The summed E-state index contributed by atoms with van der Waals surface area (Å²) in [6.07, 6.45) is 11.4. The van der Waals surface area contributed by atoms with Crippen molar-refractivity contribution in [2.24, 2.45) is 0 Å². The quantitative estimate of drug-likeness (QED) is 0.937. The number of hydrogen-bond acceptors (Lipinski definition) is 3. The fourth-order valence-corrected chi connectivity index (χ4v) is 3.18. The zero-order valence-electron chi connectivity index (χ0n) is 12.6. The lowest BCUT2D eigenvalue weighted by atomic mass is 10.0. The molecule has 0 radical (unpaired) electrons. The molecule has 0 aromatic carbocycles. The second-order valence-electron chi connectivity index (χ2n) is 6.35. The van der Waals surface area contributed by atoms with Crippen molar-refractivity contribution in [2.45, 2.75) is 58.0 Å². The van der Waals surface area contributed by atoms with Crippen LogP contribution < -0.4 is 5.32 Å². The normalized spacial score (nSPS) is 17.8. The lowest BCUT2D eigenvalue weighted by Crippen LogP contribution is -2.16. The van der Waals surface area contributed by atoms with Crippen molar-refractivity contribution in [3.8, 4) is 5.82 Å². The van der Waals surface area contributed by atoms with Crippen molar-refractivity contribution < 1.29 is 0 Å². The Morgan fingerprint density at radius 2 is 2.10 bits per heavy atom. The maximum absolute atomic E-state index is 4.71. The zero-order valence-corrected chi connectivity index (χ0v) is 12.6. The van der Waals surface area contributed by atoms with E-state index in [1.54, 1.807) is 0 Å². The van der Waals surface area contributed by atoms with Crippen LogP contribution >= 0.6 is 0 Å². The second-order valence-corrected chi connectivity index (χ2v) is 6.35. The van der Waals surface area contributed by atoms with E-state index in [1.807, 2.05) is 12.5 Å². The molecule has 0 unspecified atom stereocenters. The van der Waals surface area contributed by atoms with Gasteiger partial charge in [-0.25, -0.2) is 9.97 Å². The molecule has 1 fully saturated rings. The van der Waals surface area contributed by atoms with E-state index < -0.39 is 0 Å². The van der Waals surface area contributed by atoms with Gasteiger partial charge >= 0.3 is 0 Å². The summed E-state index contributed by atoms with van der Waals surface area (Å²) in [5, 5.41) is 3.55. The Morgan fingerprint density at radius 3 is 2.90 bits per heavy atom. The minimum absolute atomic E-state index is 0.741. The smallest absolute Gasteiger partial charge is 0.140 e. The summed E-state index contributed by atoms with van der Waals surface area (Å²) in [6.45, 7) is 3.08. The summed E-state index contributed by atoms with van der Waals surface area (Å²) in [4.78, 5) is 9.29. The number of aromatic nitrogens is 3. The molecular formula is C17H22N4. The number of aryl methyl sites for hydroxylation is 2. The largest absolute Gasteiger partial charge is 0.310 e. The molecule has 0 spiro atoms. The Hall–Kier alpha value is -1.68. The minimum atomic E-state index is 0.741. The molecule has 2 heterocycles. The second kappa shape index (κ2) is 5.26. The van der Waals surface area contributed by atoms with Crippen LogP contribution in [-0.2, 0) is 19.4 Å². The van der Waals surface area contributed by atoms with Gasteiger partial charge in [0.1, 0.15) is 12.1 Å². The Morgan fingerprint density at radius 1 is 1.24 bits per heavy atom. The van der Waals surface area contributed by atoms with Crippen LogP contribution in [0.5, 0.6) is 0 Å². The van der Waals surface area contributed by atoms with Crippen LogP contribution in [0.4, 0.5) is 0 Å². The zero-order chi connectivity index (χ0) is 14.2. The van der Waals surface area contributed by atoms with Crippen molar-refractivity contribution >= 4 is 0 Å². The average Bonchev–Trinajstić information content (AvgIpc) is 3.24. The van der Waals surface area contributed by atoms with Crippen LogP contribution in [0, 0.1) is 6.92 Å². The molecule has 0 aliphatic heterocycles. The summed E-state index contributed by atoms with van der Waals surface area (Å²) < 4.78 is 2.20. The molecule has 2 aromatic rings. The standard InChI is InChI=1S/C17H22N4/c1-12-8-13(9-18-14-6-7-14)10-19-17(12)21-11-20-15-4-2-3-5-16(15)21/h8,10-11,14,18H,2-7,9H2,1H3. The van der Waals surface area contributed by atoms with E-state index >= 15 is 0 Å². The van der Waals surface area contributed by atoms with Gasteiger partial charge in [0, 0.05) is 24.5 Å². The predicted molar refractivity (Wildman–Crippen MR) is 82.6 cm³/mol. The van der Waals surface area contributed by atoms with Gasteiger partial charge in [0.05, 0.1) is 5.69 Å². The molecule has 4 nitrogen and oxygen atoms in total. The lowest BCUT2D eigenvalue weighted by Gasteiger charge is -2.15. The fraction of sp³-hybridized carbons (Fsp3) is 0.529. The van der Waals surface area contributed by atoms with Gasteiger partial charge in [-0.05, 0) is 62.6 Å². The van der Waals surface area contributed by atoms with Crippen LogP contribution in [0.2, 0.25) is 0 Å². The van der Waals surface area contributed by atoms with Crippen LogP contribution in [0.3, 0.4) is 0 Å². The summed E-state index contributed by atoms with van der Waals surface area (Å²) >= 11 is 0. The molecule has 21 heavy (non-hydrogen) atoms. The molecule has 1 N–H and O–H groups in total. The maximum Gasteiger partial charge on any atom is 0.140 e. The molecule has 0 saturated heterocycles. The highest BCUT2D eigenvalue weighted by molar-refractivity contribution is 5.38. The highest BCUT2D eigenvalue weighted by Crippen LogP contribution is 2.24. The first-order valence-electron chi connectivity index (χ1n) is 8.05. The Balaban J connectivity index is 1.60. The topological polar surface area (TPSA) is 42.7 Å². The third kappa shape index (κ3) is 2.60. The van der Waals surface area contributed by atoms with Crippen molar-refractivity contribution in [1.29, 1.82) is 0 Å². The number of hydrogen-bond donors (Lipinski definition) is 1. The highest BCUT2D eigenvalue weighted by Gasteiger charge is 2.20. The SMILES string of the molecule is Cc1cc(CNC2CC2)cnc1-n1cnc2c1CCCC2. The average molecular weight is 282 g/mol. The van der Waals surface area contributed by atoms with E-state index in [1.165, 1.54) is 48.2 Å². The van der Waals surface area contributed by atoms with Crippen LogP contribution in [0.15, 0.2) is 18.6 Å². The maximum atomic E-state index is 4.71. The van der Waals surface area contributed by atoms with E-state index in [9.17, 15) is 0 Å². The first-order chi connectivity index (χ1) is 10.3. The minimum Gasteiger partial charge on any atom is -0.310 e. The van der Waals surface area contributed by atoms with Gasteiger partial charge in [-0.15, -0.1) is 0 Å². The third-order valence-electron chi connectivity index (χ3n) is 4.54. The molecule has 110 valence electrons. The van der Waals surface area contributed by atoms with Gasteiger partial charge in [-0.1, -0.05) is 0 Å². The van der Waals surface area contributed by atoms with Crippen LogP contribution in [0.1, 0.15) is 48.2 Å². The molecule has 4 heteroatoms. The molecule has 1 saturated carbocycles. The number of rotatable bonds is 4. The molecule has 0 bridgehead atoms. The highest BCUT2D eigenvalue weighted by atomic mass is 15.1. The number of nitrogens with zero attached hydrogens (tertiary/aromatic N) is 3. The summed E-state index contributed by atoms with van der Waals surface area (Å²) in [5.41, 5.74) is 5.13. The number of fused-ring (bicyclic) bond motifs is 1. The van der Waals surface area contributed by atoms with Gasteiger partial charge in [-0.2, -0.15) is 0 Å². The Labute approximate surface area is 125 Å². The fourth-order valence-electron chi connectivity index (χ4n) is 3.18. The van der Waals surface area contributed by atoms with Crippen molar-refractivity contribution in [1.82, 2.24) is 19.9 Å². The van der Waals surface area contributed by atoms with Gasteiger partial charge in [-0.3, -0.25) is 4.57 Å². The predicted octanol–water partition coefficient (Wildman–Crippen LogP) is 2.71. The monoisotopic (exact) mass is 282 g/mol. The van der Waals surface area contributed by atoms with Gasteiger partial charge in [0.15, 0.2) is 0 Å². The van der Waals surface area contributed by atoms with E-state index in [2.05, 4.69) is 27.9 Å². The molecule has 2 aromatic heterocycles. The molecular weight excluding hydrogens is 260 g/mol. The van der Waals surface area contributed by atoms with Crippen LogP contribution in [-0.4, -0.2) is 20.6 Å². The van der Waals surface area contributed by atoms with Crippen molar-refractivity contribution in [2.75, 3.05) is 0 Å². The number of imidazole rings is 1. The van der Waals surface area contributed by atoms with Gasteiger partial charge < -0.3 is 5.32 Å². The molecule has 0 amide bonds.